The van der Waals surface area contributed by atoms with Crippen LogP contribution in [0.15, 0.2) is 24.3 Å². The summed E-state index contributed by atoms with van der Waals surface area (Å²) in [6.45, 7) is 0.512. The van der Waals surface area contributed by atoms with Crippen molar-refractivity contribution >= 4 is 23.7 Å². The van der Waals surface area contributed by atoms with E-state index in [-0.39, 0.29) is 11.5 Å². The van der Waals surface area contributed by atoms with Crippen molar-refractivity contribution in [2.24, 2.45) is 0 Å². The van der Waals surface area contributed by atoms with Gasteiger partial charge in [0.15, 0.2) is 0 Å². The van der Waals surface area contributed by atoms with E-state index in [9.17, 15) is 9.59 Å². The van der Waals surface area contributed by atoms with Gasteiger partial charge in [-0.2, -0.15) is 11.8 Å². The molecule has 5 nitrogen and oxygen atoms in total. The molecule has 0 aromatic heterocycles. The SMILES string of the molecule is COC(=O)CCSCCOc1ccc(C(=O)O)cc1. The van der Waals surface area contributed by atoms with Gasteiger partial charge < -0.3 is 14.6 Å². The van der Waals surface area contributed by atoms with E-state index in [1.807, 2.05) is 0 Å². The third-order valence-electron chi connectivity index (χ3n) is 2.28. The minimum absolute atomic E-state index is 0.210. The Hall–Kier alpha value is -1.69. The largest absolute Gasteiger partial charge is 0.493 e. The maximum atomic E-state index is 10.8. The van der Waals surface area contributed by atoms with Crippen LogP contribution in [-0.2, 0) is 9.53 Å². The molecule has 19 heavy (non-hydrogen) atoms. The fraction of sp³-hybridized carbons (Fsp3) is 0.385. The number of esters is 1. The predicted octanol–water partition coefficient (Wildman–Crippen LogP) is 2.06. The highest BCUT2D eigenvalue weighted by atomic mass is 32.2. The van der Waals surface area contributed by atoms with Gasteiger partial charge in [-0.3, -0.25) is 4.79 Å². The lowest BCUT2D eigenvalue weighted by atomic mass is 10.2. The Labute approximate surface area is 115 Å². The number of hydrogen-bond donors (Lipinski definition) is 1. The normalized spacial score (nSPS) is 9.95. The maximum absolute atomic E-state index is 10.8. The summed E-state index contributed by atoms with van der Waals surface area (Å²) in [6, 6.07) is 6.26. The van der Waals surface area contributed by atoms with Crippen molar-refractivity contribution in [2.75, 3.05) is 25.2 Å². The molecule has 0 radical (unpaired) electrons. The zero-order valence-electron chi connectivity index (χ0n) is 10.6. The zero-order chi connectivity index (χ0) is 14.1. The van der Waals surface area contributed by atoms with Gasteiger partial charge in [0, 0.05) is 11.5 Å². The molecule has 0 heterocycles. The Bertz CT molecular complexity index is 416. The van der Waals surface area contributed by atoms with Gasteiger partial charge in [0.05, 0.1) is 25.7 Å². The third kappa shape index (κ3) is 6.15. The molecule has 0 amide bonds. The molecule has 0 spiro atoms. The van der Waals surface area contributed by atoms with Crippen LogP contribution in [0.25, 0.3) is 0 Å². The molecule has 0 unspecified atom stereocenters. The van der Waals surface area contributed by atoms with Gasteiger partial charge in [-0.05, 0) is 24.3 Å². The summed E-state index contributed by atoms with van der Waals surface area (Å²) < 4.78 is 9.97. The molecule has 1 rings (SSSR count). The Kier molecular flexibility index (Phi) is 6.81. The minimum atomic E-state index is -0.954. The number of aromatic carboxylic acids is 1. The lowest BCUT2D eigenvalue weighted by Gasteiger charge is -2.06. The van der Waals surface area contributed by atoms with E-state index in [1.54, 1.807) is 23.9 Å². The van der Waals surface area contributed by atoms with Crippen LogP contribution in [0.3, 0.4) is 0 Å². The molecular weight excluding hydrogens is 268 g/mol. The molecule has 1 N–H and O–H groups in total. The van der Waals surface area contributed by atoms with Crippen molar-refractivity contribution < 1.29 is 24.2 Å². The predicted molar refractivity (Wildman–Crippen MR) is 72.9 cm³/mol. The summed E-state index contributed by atoms with van der Waals surface area (Å²) >= 11 is 1.60. The van der Waals surface area contributed by atoms with Gasteiger partial charge in [0.25, 0.3) is 0 Å². The van der Waals surface area contributed by atoms with Crippen molar-refractivity contribution in [2.45, 2.75) is 6.42 Å². The molecule has 1 aromatic carbocycles. The molecule has 0 aliphatic heterocycles. The molecule has 0 atom stereocenters. The fourth-order valence-electron chi connectivity index (χ4n) is 1.27. The first-order valence-electron chi connectivity index (χ1n) is 5.74. The molecular formula is C13H16O5S. The number of carboxylic acids is 1. The van der Waals surface area contributed by atoms with E-state index >= 15 is 0 Å². The Balaban J connectivity index is 2.15. The number of carboxylic acid groups (broad SMARTS) is 1. The summed E-state index contributed by atoms with van der Waals surface area (Å²) in [4.78, 5) is 21.5. The van der Waals surface area contributed by atoms with Crippen molar-refractivity contribution in [1.82, 2.24) is 0 Å². The quantitative estimate of drug-likeness (QED) is 0.582. The number of benzene rings is 1. The standard InChI is InChI=1S/C13H16O5S/c1-17-12(14)6-8-19-9-7-18-11-4-2-10(3-5-11)13(15)16/h2-5H,6-9H2,1H3,(H,15,16). The van der Waals surface area contributed by atoms with Crippen molar-refractivity contribution in [3.63, 3.8) is 0 Å². The molecule has 1 aromatic rings. The second-order valence-electron chi connectivity index (χ2n) is 3.62. The van der Waals surface area contributed by atoms with Gasteiger partial charge in [-0.25, -0.2) is 4.79 Å². The minimum Gasteiger partial charge on any atom is -0.493 e. The number of thioether (sulfide) groups is 1. The highest BCUT2D eigenvalue weighted by Gasteiger charge is 2.02. The molecule has 0 bridgehead atoms. The third-order valence-corrected chi connectivity index (χ3v) is 3.22. The monoisotopic (exact) mass is 284 g/mol. The highest BCUT2D eigenvalue weighted by molar-refractivity contribution is 7.99. The first-order chi connectivity index (χ1) is 9.13. The van der Waals surface area contributed by atoms with Crippen LogP contribution in [0, 0.1) is 0 Å². The number of rotatable bonds is 8. The Morgan fingerprint density at radius 3 is 2.47 bits per heavy atom. The topological polar surface area (TPSA) is 72.8 Å². The second-order valence-corrected chi connectivity index (χ2v) is 4.84. The van der Waals surface area contributed by atoms with Crippen molar-refractivity contribution in [3.05, 3.63) is 29.8 Å². The zero-order valence-corrected chi connectivity index (χ0v) is 11.4. The van der Waals surface area contributed by atoms with E-state index in [2.05, 4.69) is 4.74 Å². The molecule has 0 aliphatic carbocycles. The van der Waals surface area contributed by atoms with Gasteiger partial charge >= 0.3 is 11.9 Å². The highest BCUT2D eigenvalue weighted by Crippen LogP contribution is 2.13. The average molecular weight is 284 g/mol. The molecule has 0 saturated carbocycles. The van der Waals surface area contributed by atoms with E-state index in [0.29, 0.717) is 24.5 Å². The van der Waals surface area contributed by atoms with Crippen LogP contribution < -0.4 is 4.74 Å². The summed E-state index contributed by atoms with van der Waals surface area (Å²) in [5, 5.41) is 8.73. The molecule has 6 heteroatoms. The molecule has 104 valence electrons. The lowest BCUT2D eigenvalue weighted by molar-refractivity contribution is -0.140. The van der Waals surface area contributed by atoms with Gasteiger partial charge in [0.1, 0.15) is 5.75 Å². The number of carbonyl (C=O) groups excluding carboxylic acids is 1. The van der Waals surface area contributed by atoms with Crippen LogP contribution in [0.1, 0.15) is 16.8 Å². The van der Waals surface area contributed by atoms with Crippen LogP contribution in [0.2, 0.25) is 0 Å². The summed E-state index contributed by atoms with van der Waals surface area (Å²) in [5.74, 6) is 0.937. The summed E-state index contributed by atoms with van der Waals surface area (Å²) in [5.41, 5.74) is 0.236. The van der Waals surface area contributed by atoms with E-state index in [1.165, 1.54) is 19.2 Å². The van der Waals surface area contributed by atoms with Gasteiger partial charge in [-0.1, -0.05) is 0 Å². The van der Waals surface area contributed by atoms with E-state index in [0.717, 1.165) is 5.75 Å². The maximum Gasteiger partial charge on any atom is 0.335 e. The van der Waals surface area contributed by atoms with Crippen molar-refractivity contribution in [3.8, 4) is 5.75 Å². The number of hydrogen-bond acceptors (Lipinski definition) is 5. The van der Waals surface area contributed by atoms with Crippen LogP contribution in [0.5, 0.6) is 5.75 Å². The van der Waals surface area contributed by atoms with Gasteiger partial charge in [0.2, 0.25) is 0 Å². The smallest absolute Gasteiger partial charge is 0.335 e. The Morgan fingerprint density at radius 1 is 1.21 bits per heavy atom. The molecule has 0 aliphatic rings. The second kappa shape index (κ2) is 8.42. The number of methoxy groups -OCH3 is 1. The van der Waals surface area contributed by atoms with Crippen molar-refractivity contribution in [1.29, 1.82) is 0 Å². The summed E-state index contributed by atoms with van der Waals surface area (Å²) in [6.07, 6.45) is 0.397. The van der Waals surface area contributed by atoms with Crippen LogP contribution in [-0.4, -0.2) is 42.3 Å². The fourth-order valence-corrected chi connectivity index (χ4v) is 1.99. The average Bonchev–Trinajstić information content (AvgIpc) is 2.42. The number of carbonyl (C=O) groups is 2. The van der Waals surface area contributed by atoms with E-state index < -0.39 is 5.97 Å². The van der Waals surface area contributed by atoms with E-state index in [4.69, 9.17) is 9.84 Å². The first kappa shape index (κ1) is 15.4. The van der Waals surface area contributed by atoms with Gasteiger partial charge in [-0.15, -0.1) is 0 Å². The Morgan fingerprint density at radius 2 is 1.89 bits per heavy atom. The number of ether oxygens (including phenoxy) is 2. The molecule has 0 saturated heterocycles. The lowest BCUT2D eigenvalue weighted by Crippen LogP contribution is -2.04. The van der Waals surface area contributed by atoms with Crippen LogP contribution >= 0.6 is 11.8 Å². The summed E-state index contributed by atoms with van der Waals surface area (Å²) in [7, 11) is 1.37. The first-order valence-corrected chi connectivity index (χ1v) is 6.89. The van der Waals surface area contributed by atoms with Crippen LogP contribution in [0.4, 0.5) is 0 Å². The molecule has 0 fully saturated rings.